The number of hydrogen-bond acceptors (Lipinski definition) is 5. The Morgan fingerprint density at radius 2 is 2.06 bits per heavy atom. The molecule has 4 nitrogen and oxygen atoms in total. The molecule has 0 aliphatic heterocycles. The molecule has 96 valence electrons. The van der Waals surface area contributed by atoms with E-state index in [0.717, 1.165) is 0 Å². The summed E-state index contributed by atoms with van der Waals surface area (Å²) < 4.78 is 5.16. The predicted octanol–water partition coefficient (Wildman–Crippen LogP) is 1.03. The van der Waals surface area contributed by atoms with Crippen LogP contribution in [0.5, 0.6) is 0 Å². The summed E-state index contributed by atoms with van der Waals surface area (Å²) in [7, 11) is 0. The maximum absolute atomic E-state index is 11.4. The zero-order valence-electron chi connectivity index (χ0n) is 10.7. The van der Waals surface area contributed by atoms with Gasteiger partial charge in [-0.25, -0.2) is 0 Å². The number of rotatable bonds is 6. The van der Waals surface area contributed by atoms with Crippen molar-refractivity contribution in [3.8, 4) is 0 Å². The van der Waals surface area contributed by atoms with Crippen LogP contribution < -0.4 is 5.32 Å². The molecule has 0 fully saturated rings. The largest absolute Gasteiger partial charge is 0.459 e. The summed E-state index contributed by atoms with van der Waals surface area (Å²) in [5.74, 6) is -0.267. The number of ether oxygens (including phenoxy) is 1. The number of hydrogen-bond donors (Lipinski definition) is 2. The minimum absolute atomic E-state index is 0.0764. The molecule has 0 aromatic carbocycles. The van der Waals surface area contributed by atoms with Gasteiger partial charge < -0.3 is 15.2 Å². The summed E-state index contributed by atoms with van der Waals surface area (Å²) >= 11 is 1.58. The second-order valence-electron chi connectivity index (χ2n) is 4.71. The number of thioether (sulfide) groups is 1. The van der Waals surface area contributed by atoms with Gasteiger partial charge in [0.15, 0.2) is 0 Å². The molecular formula is C11H23NO3S. The number of esters is 1. The summed E-state index contributed by atoms with van der Waals surface area (Å²) in [5, 5.41) is 12.2. The Hall–Kier alpha value is -0.260. The molecule has 0 aliphatic carbocycles. The smallest absolute Gasteiger partial charge is 0.320 e. The summed E-state index contributed by atoms with van der Waals surface area (Å²) in [6, 6.07) is 0.0764. The molecule has 0 saturated carbocycles. The highest BCUT2D eigenvalue weighted by molar-refractivity contribution is 7.99. The van der Waals surface area contributed by atoms with Gasteiger partial charge >= 0.3 is 5.97 Å². The molecule has 2 unspecified atom stereocenters. The highest BCUT2D eigenvalue weighted by Crippen LogP contribution is 2.10. The molecule has 0 heterocycles. The predicted molar refractivity (Wildman–Crippen MR) is 67.7 cm³/mol. The third kappa shape index (κ3) is 7.09. The molecule has 16 heavy (non-hydrogen) atoms. The number of nitrogens with one attached hydrogen (secondary N) is 1. The Labute approximate surface area is 102 Å². The minimum atomic E-state index is -0.447. The van der Waals surface area contributed by atoms with Gasteiger partial charge in [-0.2, -0.15) is 11.8 Å². The van der Waals surface area contributed by atoms with E-state index in [-0.39, 0.29) is 30.4 Å². The first-order valence-corrected chi connectivity index (χ1v) is 6.68. The highest BCUT2D eigenvalue weighted by Gasteiger charge is 2.19. The second-order valence-corrected chi connectivity index (χ2v) is 5.79. The minimum Gasteiger partial charge on any atom is -0.459 e. The first-order valence-electron chi connectivity index (χ1n) is 5.39. The van der Waals surface area contributed by atoms with Gasteiger partial charge in [0.05, 0.1) is 13.2 Å². The van der Waals surface area contributed by atoms with Crippen LogP contribution in [0.3, 0.4) is 0 Å². The zero-order chi connectivity index (χ0) is 12.8. The van der Waals surface area contributed by atoms with Crippen LogP contribution in [0.15, 0.2) is 0 Å². The average Bonchev–Trinajstić information content (AvgIpc) is 2.14. The van der Waals surface area contributed by atoms with Gasteiger partial charge in [0.2, 0.25) is 0 Å². The Balaban J connectivity index is 3.92. The van der Waals surface area contributed by atoms with Gasteiger partial charge in [-0.05, 0) is 34.0 Å². The van der Waals surface area contributed by atoms with E-state index in [1.807, 2.05) is 34.0 Å². The Bertz CT molecular complexity index is 212. The maximum atomic E-state index is 11.4. The van der Waals surface area contributed by atoms with Crippen molar-refractivity contribution in [1.29, 1.82) is 0 Å². The van der Waals surface area contributed by atoms with Crippen molar-refractivity contribution in [2.75, 3.05) is 19.4 Å². The molecule has 0 bridgehead atoms. The van der Waals surface area contributed by atoms with Crippen molar-refractivity contribution in [2.24, 2.45) is 0 Å². The van der Waals surface area contributed by atoms with E-state index in [2.05, 4.69) is 5.32 Å². The first kappa shape index (κ1) is 15.7. The van der Waals surface area contributed by atoms with Crippen molar-refractivity contribution in [2.45, 2.75) is 44.6 Å². The van der Waals surface area contributed by atoms with E-state index < -0.39 is 5.60 Å². The van der Waals surface area contributed by atoms with Crippen LogP contribution in [0.4, 0.5) is 0 Å². The normalized spacial score (nSPS) is 15.6. The summed E-state index contributed by atoms with van der Waals surface area (Å²) in [6.45, 7) is 7.74. The van der Waals surface area contributed by atoms with E-state index in [1.165, 1.54) is 0 Å². The van der Waals surface area contributed by atoms with Gasteiger partial charge in [0.25, 0.3) is 0 Å². The van der Waals surface area contributed by atoms with Crippen LogP contribution in [0, 0.1) is 0 Å². The second kappa shape index (κ2) is 7.14. The van der Waals surface area contributed by atoms with Crippen molar-refractivity contribution in [1.82, 2.24) is 5.32 Å². The lowest BCUT2D eigenvalue weighted by atomic mass is 10.2. The van der Waals surface area contributed by atoms with Crippen molar-refractivity contribution in [3.63, 3.8) is 0 Å². The van der Waals surface area contributed by atoms with Crippen LogP contribution in [0.1, 0.15) is 27.7 Å². The van der Waals surface area contributed by atoms with Crippen LogP contribution in [0.25, 0.3) is 0 Å². The summed E-state index contributed by atoms with van der Waals surface area (Å²) in [4.78, 5) is 11.4. The SMILES string of the molecule is CSC(CO)C(C)NCC(=O)OC(C)(C)C. The molecule has 0 rings (SSSR count). The molecule has 0 aromatic heterocycles. The third-order valence-electron chi connectivity index (χ3n) is 2.03. The Kier molecular flexibility index (Phi) is 7.03. The molecule has 0 aliphatic rings. The maximum Gasteiger partial charge on any atom is 0.320 e. The van der Waals surface area contributed by atoms with Crippen LogP contribution in [-0.4, -0.2) is 47.4 Å². The van der Waals surface area contributed by atoms with E-state index >= 15 is 0 Å². The third-order valence-corrected chi connectivity index (χ3v) is 3.19. The fourth-order valence-corrected chi connectivity index (χ4v) is 1.84. The van der Waals surface area contributed by atoms with Gasteiger partial charge in [-0.1, -0.05) is 0 Å². The van der Waals surface area contributed by atoms with Crippen molar-refractivity contribution in [3.05, 3.63) is 0 Å². The molecule has 0 amide bonds. The monoisotopic (exact) mass is 249 g/mol. The first-order chi connectivity index (χ1) is 7.30. The topological polar surface area (TPSA) is 58.6 Å². The molecule has 0 saturated heterocycles. The quantitative estimate of drug-likeness (QED) is 0.689. The molecule has 5 heteroatoms. The van der Waals surface area contributed by atoms with Crippen molar-refractivity contribution >= 4 is 17.7 Å². The number of carbonyl (C=O) groups is 1. The summed E-state index contributed by atoms with van der Waals surface area (Å²) in [6.07, 6.45) is 1.94. The lowest BCUT2D eigenvalue weighted by Gasteiger charge is -2.23. The van der Waals surface area contributed by atoms with Crippen LogP contribution >= 0.6 is 11.8 Å². The standard InChI is InChI=1S/C11H23NO3S/c1-8(9(7-13)16-5)12-6-10(14)15-11(2,3)4/h8-9,12-13H,6-7H2,1-5H3. The number of aliphatic hydroxyl groups is 1. The molecule has 0 aromatic rings. The van der Waals surface area contributed by atoms with E-state index in [4.69, 9.17) is 9.84 Å². The van der Waals surface area contributed by atoms with E-state index in [0.29, 0.717) is 0 Å². The van der Waals surface area contributed by atoms with Gasteiger partial charge in [-0.15, -0.1) is 0 Å². The lowest BCUT2D eigenvalue weighted by molar-refractivity contribution is -0.153. The average molecular weight is 249 g/mol. The number of carbonyl (C=O) groups excluding carboxylic acids is 1. The summed E-state index contributed by atoms with van der Waals surface area (Å²) in [5.41, 5.74) is -0.447. The fraction of sp³-hybridized carbons (Fsp3) is 0.909. The lowest BCUT2D eigenvalue weighted by Crippen LogP contribution is -2.41. The highest BCUT2D eigenvalue weighted by atomic mass is 32.2. The van der Waals surface area contributed by atoms with E-state index in [9.17, 15) is 4.79 Å². The van der Waals surface area contributed by atoms with Gasteiger partial charge in [-0.3, -0.25) is 4.79 Å². The fourth-order valence-electron chi connectivity index (χ4n) is 1.19. The number of aliphatic hydroxyl groups excluding tert-OH is 1. The molecular weight excluding hydrogens is 226 g/mol. The Morgan fingerprint density at radius 1 is 1.50 bits per heavy atom. The molecule has 2 N–H and O–H groups in total. The van der Waals surface area contributed by atoms with Gasteiger partial charge in [0.1, 0.15) is 5.60 Å². The van der Waals surface area contributed by atoms with Crippen LogP contribution in [0.2, 0.25) is 0 Å². The Morgan fingerprint density at radius 3 is 2.44 bits per heavy atom. The van der Waals surface area contributed by atoms with Crippen molar-refractivity contribution < 1.29 is 14.6 Å². The molecule has 0 radical (unpaired) electrons. The zero-order valence-corrected chi connectivity index (χ0v) is 11.6. The van der Waals surface area contributed by atoms with E-state index in [1.54, 1.807) is 11.8 Å². The molecule has 0 spiro atoms. The van der Waals surface area contributed by atoms with Crippen LogP contribution in [-0.2, 0) is 9.53 Å². The van der Waals surface area contributed by atoms with Gasteiger partial charge in [0, 0.05) is 11.3 Å². The molecule has 2 atom stereocenters.